The molecule has 21 heavy (non-hydrogen) atoms. The number of carbonyl (C=O) groups excluding carboxylic acids is 1. The van der Waals surface area contributed by atoms with Crippen molar-refractivity contribution in [3.63, 3.8) is 0 Å². The first-order chi connectivity index (χ1) is 10.3. The first-order valence-corrected chi connectivity index (χ1v) is 7.86. The molecule has 0 bridgehead atoms. The van der Waals surface area contributed by atoms with Gasteiger partial charge in [0.05, 0.1) is 0 Å². The van der Waals surface area contributed by atoms with E-state index in [1.165, 1.54) is 12.8 Å². The van der Waals surface area contributed by atoms with Gasteiger partial charge in [-0.3, -0.25) is 4.79 Å². The minimum Gasteiger partial charge on any atom is -0.453 e. The Balaban J connectivity index is 1.47. The van der Waals surface area contributed by atoms with Gasteiger partial charge in [-0.05, 0) is 50.3 Å². The quantitative estimate of drug-likeness (QED) is 0.871. The standard InChI is InChI=1S/C16H24N2O3/c1-20-11-14-4-5-15(21-14)16(19)18-8-6-13(7-9-18)17-10-12-2-3-12/h4-5,12-13,17H,2-3,6-11H2,1H3. The number of methoxy groups -OCH3 is 1. The molecule has 1 N–H and O–H groups in total. The van der Waals surface area contributed by atoms with Crippen LogP contribution in [-0.2, 0) is 11.3 Å². The highest BCUT2D eigenvalue weighted by Crippen LogP contribution is 2.28. The highest BCUT2D eigenvalue weighted by atomic mass is 16.5. The molecular formula is C16H24N2O3. The Morgan fingerprint density at radius 2 is 2.10 bits per heavy atom. The zero-order chi connectivity index (χ0) is 14.7. The van der Waals surface area contributed by atoms with Crippen LogP contribution < -0.4 is 5.32 Å². The number of carbonyl (C=O) groups is 1. The fourth-order valence-corrected chi connectivity index (χ4v) is 2.81. The maximum atomic E-state index is 12.4. The van der Waals surface area contributed by atoms with Gasteiger partial charge in [0.25, 0.3) is 5.91 Å². The van der Waals surface area contributed by atoms with Crippen LogP contribution in [0.2, 0.25) is 0 Å². The number of likely N-dealkylation sites (tertiary alicyclic amines) is 1. The lowest BCUT2D eigenvalue weighted by molar-refractivity contribution is 0.0665. The van der Waals surface area contributed by atoms with E-state index in [4.69, 9.17) is 9.15 Å². The largest absolute Gasteiger partial charge is 0.453 e. The van der Waals surface area contributed by atoms with Gasteiger partial charge in [0.15, 0.2) is 5.76 Å². The summed E-state index contributed by atoms with van der Waals surface area (Å²) in [7, 11) is 1.61. The lowest BCUT2D eigenvalue weighted by atomic mass is 10.0. The molecule has 116 valence electrons. The third kappa shape index (κ3) is 3.86. The second-order valence-corrected chi connectivity index (χ2v) is 6.12. The molecular weight excluding hydrogens is 268 g/mol. The van der Waals surface area contributed by atoms with E-state index in [1.54, 1.807) is 19.2 Å². The summed E-state index contributed by atoms with van der Waals surface area (Å²) in [4.78, 5) is 14.3. The fourth-order valence-electron chi connectivity index (χ4n) is 2.81. The van der Waals surface area contributed by atoms with Crippen molar-refractivity contribution in [2.45, 2.75) is 38.3 Å². The Labute approximate surface area is 125 Å². The normalized spacial score (nSPS) is 20.0. The number of furan rings is 1. The Kier molecular flexibility index (Phi) is 4.60. The average Bonchev–Trinajstić information content (AvgIpc) is 3.23. The predicted molar refractivity (Wildman–Crippen MR) is 79.1 cm³/mol. The maximum Gasteiger partial charge on any atom is 0.289 e. The molecule has 2 heterocycles. The van der Waals surface area contributed by atoms with E-state index in [0.717, 1.165) is 38.4 Å². The summed E-state index contributed by atoms with van der Waals surface area (Å²) in [5, 5.41) is 3.63. The molecule has 3 rings (SSSR count). The third-order valence-corrected chi connectivity index (χ3v) is 4.33. The highest BCUT2D eigenvalue weighted by Gasteiger charge is 2.27. The maximum absolute atomic E-state index is 12.4. The summed E-state index contributed by atoms with van der Waals surface area (Å²) in [6, 6.07) is 4.12. The van der Waals surface area contributed by atoms with Crippen molar-refractivity contribution >= 4 is 5.91 Å². The van der Waals surface area contributed by atoms with Crippen LogP contribution >= 0.6 is 0 Å². The van der Waals surface area contributed by atoms with Crippen molar-refractivity contribution < 1.29 is 13.9 Å². The summed E-state index contributed by atoms with van der Waals surface area (Å²) in [5.41, 5.74) is 0. The van der Waals surface area contributed by atoms with Crippen LogP contribution in [0.15, 0.2) is 16.5 Å². The topological polar surface area (TPSA) is 54.7 Å². The van der Waals surface area contributed by atoms with Crippen molar-refractivity contribution in [2.75, 3.05) is 26.7 Å². The van der Waals surface area contributed by atoms with E-state index in [-0.39, 0.29) is 5.91 Å². The van der Waals surface area contributed by atoms with Crippen molar-refractivity contribution in [3.8, 4) is 0 Å². The summed E-state index contributed by atoms with van der Waals surface area (Å²) in [5.74, 6) is 2.03. The van der Waals surface area contributed by atoms with E-state index in [2.05, 4.69) is 5.32 Å². The van der Waals surface area contributed by atoms with E-state index in [1.807, 2.05) is 4.90 Å². The SMILES string of the molecule is COCc1ccc(C(=O)N2CCC(NCC3CC3)CC2)o1. The average molecular weight is 292 g/mol. The minimum absolute atomic E-state index is 0.00186. The Morgan fingerprint density at radius 1 is 1.33 bits per heavy atom. The van der Waals surface area contributed by atoms with Gasteiger partial charge in [0.1, 0.15) is 12.4 Å². The molecule has 1 aromatic rings. The van der Waals surface area contributed by atoms with Crippen LogP contribution in [0.4, 0.5) is 0 Å². The monoisotopic (exact) mass is 292 g/mol. The van der Waals surface area contributed by atoms with Crippen LogP contribution in [0.25, 0.3) is 0 Å². The fraction of sp³-hybridized carbons (Fsp3) is 0.688. The van der Waals surface area contributed by atoms with Crippen LogP contribution in [0.5, 0.6) is 0 Å². The van der Waals surface area contributed by atoms with Gasteiger partial charge in [0.2, 0.25) is 0 Å². The molecule has 0 atom stereocenters. The van der Waals surface area contributed by atoms with Crippen molar-refractivity contribution in [3.05, 3.63) is 23.7 Å². The molecule has 0 spiro atoms. The number of piperidine rings is 1. The van der Waals surface area contributed by atoms with Crippen molar-refractivity contribution in [2.24, 2.45) is 5.92 Å². The van der Waals surface area contributed by atoms with Crippen LogP contribution in [0.1, 0.15) is 42.0 Å². The number of nitrogens with zero attached hydrogens (tertiary/aromatic N) is 1. The first kappa shape index (κ1) is 14.6. The number of amides is 1. The molecule has 0 radical (unpaired) electrons. The molecule has 1 saturated heterocycles. The van der Waals surface area contributed by atoms with Crippen LogP contribution in [0.3, 0.4) is 0 Å². The summed E-state index contributed by atoms with van der Waals surface area (Å²) in [6.45, 7) is 3.17. The minimum atomic E-state index is -0.00186. The second-order valence-electron chi connectivity index (χ2n) is 6.12. The van der Waals surface area contributed by atoms with E-state index >= 15 is 0 Å². The van der Waals surface area contributed by atoms with E-state index in [9.17, 15) is 4.79 Å². The summed E-state index contributed by atoms with van der Waals surface area (Å²) < 4.78 is 10.5. The predicted octanol–water partition coefficient (Wildman–Crippen LogP) is 2.03. The lowest BCUT2D eigenvalue weighted by Crippen LogP contribution is -2.45. The molecule has 1 aliphatic heterocycles. The summed E-state index contributed by atoms with van der Waals surface area (Å²) in [6.07, 6.45) is 4.83. The van der Waals surface area contributed by atoms with Gasteiger partial charge in [-0.15, -0.1) is 0 Å². The summed E-state index contributed by atoms with van der Waals surface area (Å²) >= 11 is 0. The molecule has 0 unspecified atom stereocenters. The van der Waals surface area contributed by atoms with Crippen LogP contribution in [-0.4, -0.2) is 43.6 Å². The number of hydrogen-bond acceptors (Lipinski definition) is 4. The van der Waals surface area contributed by atoms with Gasteiger partial charge >= 0.3 is 0 Å². The number of nitrogens with one attached hydrogen (secondary N) is 1. The lowest BCUT2D eigenvalue weighted by Gasteiger charge is -2.32. The number of rotatable bonds is 6. The molecule has 0 aromatic carbocycles. The third-order valence-electron chi connectivity index (χ3n) is 4.33. The Morgan fingerprint density at radius 3 is 2.76 bits per heavy atom. The van der Waals surface area contributed by atoms with Gasteiger partial charge in [0, 0.05) is 26.2 Å². The Hall–Kier alpha value is -1.33. The van der Waals surface area contributed by atoms with Gasteiger partial charge in [-0.25, -0.2) is 0 Å². The highest BCUT2D eigenvalue weighted by molar-refractivity contribution is 5.91. The second kappa shape index (κ2) is 6.62. The molecule has 5 heteroatoms. The van der Waals surface area contributed by atoms with Crippen molar-refractivity contribution in [1.29, 1.82) is 0 Å². The first-order valence-electron chi connectivity index (χ1n) is 7.86. The van der Waals surface area contributed by atoms with Gasteiger partial charge < -0.3 is 19.4 Å². The zero-order valence-electron chi connectivity index (χ0n) is 12.6. The number of ether oxygens (including phenoxy) is 1. The molecule has 5 nitrogen and oxygen atoms in total. The zero-order valence-corrected chi connectivity index (χ0v) is 12.6. The molecule has 2 fully saturated rings. The van der Waals surface area contributed by atoms with Gasteiger partial charge in [-0.2, -0.15) is 0 Å². The molecule has 1 aromatic heterocycles. The van der Waals surface area contributed by atoms with E-state index < -0.39 is 0 Å². The molecule has 1 aliphatic carbocycles. The molecule has 1 amide bonds. The smallest absolute Gasteiger partial charge is 0.289 e. The molecule has 1 saturated carbocycles. The van der Waals surface area contributed by atoms with Crippen LogP contribution in [0, 0.1) is 5.92 Å². The Bertz CT molecular complexity index is 474. The molecule has 2 aliphatic rings. The van der Waals surface area contributed by atoms with Crippen molar-refractivity contribution in [1.82, 2.24) is 10.2 Å². The van der Waals surface area contributed by atoms with E-state index in [0.29, 0.717) is 24.2 Å². The number of hydrogen-bond donors (Lipinski definition) is 1. The van der Waals surface area contributed by atoms with Gasteiger partial charge in [-0.1, -0.05) is 0 Å².